The van der Waals surface area contributed by atoms with Gasteiger partial charge in [0.1, 0.15) is 5.75 Å². The number of ether oxygens (including phenoxy) is 1. The molecule has 1 heterocycles. The number of ketones is 1. The van der Waals surface area contributed by atoms with Gasteiger partial charge in [0.05, 0.1) is 17.0 Å². The van der Waals surface area contributed by atoms with Gasteiger partial charge in [0.15, 0.2) is 0 Å². The van der Waals surface area contributed by atoms with Crippen molar-refractivity contribution < 1.29 is 9.53 Å². The number of thiophene rings is 1. The van der Waals surface area contributed by atoms with Crippen molar-refractivity contribution in [2.45, 2.75) is 0 Å². The van der Waals surface area contributed by atoms with Crippen molar-refractivity contribution >= 4 is 28.7 Å². The normalized spacial score (nSPS) is 10.1. The topological polar surface area (TPSA) is 26.3 Å². The van der Waals surface area contributed by atoms with Crippen molar-refractivity contribution in [1.29, 1.82) is 0 Å². The molecule has 0 N–H and O–H groups in total. The lowest BCUT2D eigenvalue weighted by molar-refractivity contribution is 0.104. The minimum Gasteiger partial charge on any atom is -0.497 e. The second-order valence-corrected chi connectivity index (χ2v) is 4.48. The maximum Gasteiger partial charge on any atom is 0.204 e. The van der Waals surface area contributed by atoms with E-state index in [1.165, 1.54) is 11.3 Å². The highest BCUT2D eigenvalue weighted by molar-refractivity contribution is 7.13. The largest absolute Gasteiger partial charge is 0.497 e. The van der Waals surface area contributed by atoms with Crippen LogP contribution < -0.4 is 4.74 Å². The van der Waals surface area contributed by atoms with Crippen molar-refractivity contribution in [2.24, 2.45) is 0 Å². The van der Waals surface area contributed by atoms with Gasteiger partial charge in [-0.2, -0.15) is 0 Å². The number of hydrogen-bond acceptors (Lipinski definition) is 3. The van der Waals surface area contributed by atoms with Gasteiger partial charge in [-0.25, -0.2) is 0 Å². The molecule has 0 amide bonds. The predicted octanol–water partition coefficient (Wildman–Crippen LogP) is 3.64. The lowest BCUT2D eigenvalue weighted by Gasteiger charge is -2.01. The molecule has 0 aliphatic heterocycles. The number of rotatable bonds is 3. The van der Waals surface area contributed by atoms with E-state index in [0.29, 0.717) is 15.5 Å². The summed E-state index contributed by atoms with van der Waals surface area (Å²) in [7, 11) is 1.59. The molecule has 1 aromatic heterocycles. The first kappa shape index (κ1) is 11.2. The van der Waals surface area contributed by atoms with Crippen LogP contribution in [0.15, 0.2) is 35.7 Å². The molecule has 0 aliphatic carbocycles. The smallest absolute Gasteiger partial charge is 0.204 e. The van der Waals surface area contributed by atoms with E-state index >= 15 is 0 Å². The molecule has 2 nitrogen and oxygen atoms in total. The SMILES string of the molecule is COc1ccc(C(=O)c2sccc2Cl)cc1. The number of carbonyl (C=O) groups is 1. The Morgan fingerprint density at radius 3 is 2.44 bits per heavy atom. The number of benzene rings is 1. The zero-order valence-corrected chi connectivity index (χ0v) is 10.1. The molecule has 16 heavy (non-hydrogen) atoms. The Kier molecular flexibility index (Phi) is 3.27. The summed E-state index contributed by atoms with van der Waals surface area (Å²) in [5.41, 5.74) is 0.616. The quantitative estimate of drug-likeness (QED) is 0.780. The monoisotopic (exact) mass is 252 g/mol. The summed E-state index contributed by atoms with van der Waals surface area (Å²) in [6.07, 6.45) is 0. The highest BCUT2D eigenvalue weighted by atomic mass is 35.5. The number of hydrogen-bond donors (Lipinski definition) is 0. The molecule has 0 unspecified atom stereocenters. The Morgan fingerprint density at radius 2 is 1.94 bits per heavy atom. The second-order valence-electron chi connectivity index (χ2n) is 3.16. The first-order chi connectivity index (χ1) is 7.72. The van der Waals surface area contributed by atoms with Crippen molar-refractivity contribution in [3.8, 4) is 5.75 Å². The zero-order valence-electron chi connectivity index (χ0n) is 8.57. The van der Waals surface area contributed by atoms with E-state index in [1.54, 1.807) is 42.8 Å². The Bertz CT molecular complexity index is 502. The van der Waals surface area contributed by atoms with Crippen LogP contribution in [0.4, 0.5) is 0 Å². The van der Waals surface area contributed by atoms with Crippen LogP contribution in [0, 0.1) is 0 Å². The van der Waals surface area contributed by atoms with Crippen molar-refractivity contribution in [1.82, 2.24) is 0 Å². The molecule has 2 rings (SSSR count). The van der Waals surface area contributed by atoms with Crippen LogP contribution in [0.2, 0.25) is 5.02 Å². The molecule has 0 saturated carbocycles. The molecule has 0 atom stereocenters. The number of carbonyl (C=O) groups excluding carboxylic acids is 1. The Balaban J connectivity index is 2.31. The van der Waals surface area contributed by atoms with Crippen LogP contribution in [-0.2, 0) is 0 Å². The maximum atomic E-state index is 12.0. The van der Waals surface area contributed by atoms with Gasteiger partial charge in [-0.1, -0.05) is 11.6 Å². The van der Waals surface area contributed by atoms with Gasteiger partial charge in [-0.3, -0.25) is 4.79 Å². The van der Waals surface area contributed by atoms with E-state index in [9.17, 15) is 4.79 Å². The summed E-state index contributed by atoms with van der Waals surface area (Å²) in [5.74, 6) is 0.677. The van der Waals surface area contributed by atoms with E-state index in [4.69, 9.17) is 16.3 Å². The molecule has 0 aliphatic rings. The third-order valence-corrected chi connectivity index (χ3v) is 3.52. The highest BCUT2D eigenvalue weighted by Crippen LogP contribution is 2.25. The Labute approximate surface area is 102 Å². The van der Waals surface area contributed by atoms with E-state index in [-0.39, 0.29) is 5.78 Å². The van der Waals surface area contributed by atoms with Crippen molar-refractivity contribution in [3.05, 3.63) is 51.2 Å². The van der Waals surface area contributed by atoms with Gasteiger partial charge in [0.2, 0.25) is 5.78 Å². The molecule has 0 spiro atoms. The fourth-order valence-corrected chi connectivity index (χ4v) is 2.43. The fourth-order valence-electron chi connectivity index (χ4n) is 1.33. The average molecular weight is 253 g/mol. The molecule has 0 fully saturated rings. The third-order valence-electron chi connectivity index (χ3n) is 2.18. The Morgan fingerprint density at radius 1 is 1.25 bits per heavy atom. The summed E-state index contributed by atoms with van der Waals surface area (Å²) in [6, 6.07) is 8.71. The van der Waals surface area contributed by atoms with Gasteiger partial charge in [0, 0.05) is 5.56 Å². The zero-order chi connectivity index (χ0) is 11.5. The molecular formula is C12H9ClO2S. The molecule has 0 bridgehead atoms. The fraction of sp³-hybridized carbons (Fsp3) is 0.0833. The van der Waals surface area contributed by atoms with Crippen LogP contribution in [0.5, 0.6) is 5.75 Å². The van der Waals surface area contributed by atoms with E-state index in [1.807, 2.05) is 0 Å². The molecule has 0 radical (unpaired) electrons. The van der Waals surface area contributed by atoms with Crippen LogP contribution in [0.3, 0.4) is 0 Å². The molecule has 82 valence electrons. The lowest BCUT2D eigenvalue weighted by atomic mass is 10.1. The lowest BCUT2D eigenvalue weighted by Crippen LogP contribution is -1.98. The van der Waals surface area contributed by atoms with E-state index < -0.39 is 0 Å². The predicted molar refractivity (Wildman–Crippen MR) is 65.8 cm³/mol. The minimum absolute atomic E-state index is 0.0531. The molecule has 1 aromatic carbocycles. The van der Waals surface area contributed by atoms with Crippen molar-refractivity contribution in [2.75, 3.05) is 7.11 Å². The van der Waals surface area contributed by atoms with Gasteiger partial charge in [-0.15, -0.1) is 11.3 Å². The molecule has 4 heteroatoms. The summed E-state index contributed by atoms with van der Waals surface area (Å²) < 4.78 is 5.03. The third kappa shape index (κ3) is 2.10. The molecule has 0 saturated heterocycles. The van der Waals surface area contributed by atoms with Crippen LogP contribution in [0.1, 0.15) is 15.2 Å². The van der Waals surface area contributed by atoms with Gasteiger partial charge < -0.3 is 4.74 Å². The van der Waals surface area contributed by atoms with Crippen LogP contribution in [0.25, 0.3) is 0 Å². The van der Waals surface area contributed by atoms with Crippen LogP contribution in [-0.4, -0.2) is 12.9 Å². The van der Waals surface area contributed by atoms with E-state index in [2.05, 4.69) is 0 Å². The first-order valence-corrected chi connectivity index (χ1v) is 5.90. The number of halogens is 1. The summed E-state index contributed by atoms with van der Waals surface area (Å²) in [6.45, 7) is 0. The van der Waals surface area contributed by atoms with E-state index in [0.717, 1.165) is 5.75 Å². The minimum atomic E-state index is -0.0531. The molecule has 2 aromatic rings. The summed E-state index contributed by atoms with van der Waals surface area (Å²) >= 11 is 7.26. The maximum absolute atomic E-state index is 12.0. The van der Waals surface area contributed by atoms with Gasteiger partial charge >= 0.3 is 0 Å². The van der Waals surface area contributed by atoms with Gasteiger partial charge in [-0.05, 0) is 35.7 Å². The highest BCUT2D eigenvalue weighted by Gasteiger charge is 2.13. The van der Waals surface area contributed by atoms with Gasteiger partial charge in [0.25, 0.3) is 0 Å². The van der Waals surface area contributed by atoms with Crippen molar-refractivity contribution in [3.63, 3.8) is 0 Å². The Hall–Kier alpha value is -1.32. The standard InChI is InChI=1S/C12H9ClO2S/c1-15-9-4-2-8(3-5-9)11(14)12-10(13)6-7-16-12/h2-7H,1H3. The average Bonchev–Trinajstić information content (AvgIpc) is 2.75. The summed E-state index contributed by atoms with van der Waals surface area (Å²) in [4.78, 5) is 12.6. The summed E-state index contributed by atoms with van der Waals surface area (Å²) in [5, 5.41) is 2.31. The molecular weight excluding hydrogens is 244 g/mol. The van der Waals surface area contributed by atoms with Crippen LogP contribution >= 0.6 is 22.9 Å². The second kappa shape index (κ2) is 4.68. The number of methoxy groups -OCH3 is 1. The first-order valence-electron chi connectivity index (χ1n) is 4.64.